The van der Waals surface area contributed by atoms with Gasteiger partial charge < -0.3 is 10.3 Å². The van der Waals surface area contributed by atoms with Gasteiger partial charge in [0.25, 0.3) is 5.56 Å². The van der Waals surface area contributed by atoms with Crippen LogP contribution >= 0.6 is 0 Å². The number of hydrogen-bond acceptors (Lipinski definition) is 2. The monoisotopic (exact) mass is 346 g/mol. The molecule has 1 saturated carbocycles. The van der Waals surface area contributed by atoms with Crippen LogP contribution in [0.4, 0.5) is 0 Å². The fraction of sp³-hybridized carbons (Fsp3) is 0.273. The van der Waals surface area contributed by atoms with E-state index >= 15 is 0 Å². The Morgan fingerprint density at radius 3 is 2.77 bits per heavy atom. The van der Waals surface area contributed by atoms with Crippen LogP contribution in [0.3, 0.4) is 0 Å². The molecule has 1 heterocycles. The van der Waals surface area contributed by atoms with Crippen molar-refractivity contribution in [2.45, 2.75) is 25.7 Å². The zero-order valence-electron chi connectivity index (χ0n) is 14.8. The number of pyridine rings is 1. The maximum absolute atomic E-state index is 12.3. The minimum atomic E-state index is -0.0795. The molecule has 1 aliphatic carbocycles. The highest BCUT2D eigenvalue weighted by atomic mass is 16.2. The highest BCUT2D eigenvalue weighted by molar-refractivity contribution is 5.83. The van der Waals surface area contributed by atoms with Gasteiger partial charge in [0.15, 0.2) is 0 Å². The first kappa shape index (κ1) is 16.6. The summed E-state index contributed by atoms with van der Waals surface area (Å²) in [5, 5.41) is 4.01. The van der Waals surface area contributed by atoms with E-state index in [1.54, 1.807) is 0 Å². The Morgan fingerprint density at radius 2 is 1.96 bits per heavy atom. The lowest BCUT2D eigenvalue weighted by molar-refractivity contribution is -0.122. The van der Waals surface area contributed by atoms with Crippen LogP contribution in [0.5, 0.6) is 0 Å². The standard InChI is InChI=1S/C22H22N2O2/c1-14-7-8-20-17(11-14)12-16(21(25)24-20)9-10-23-22(26)19-13-18(19)15-5-3-2-4-6-15/h2-8,11-12,18-19H,9-10,13H2,1H3,(H,23,26)(H,24,25). The molecule has 0 spiro atoms. The van der Waals surface area contributed by atoms with Crippen molar-refractivity contribution in [3.63, 3.8) is 0 Å². The third-order valence-electron chi connectivity index (χ3n) is 5.13. The van der Waals surface area contributed by atoms with Gasteiger partial charge in [-0.05, 0) is 54.8 Å². The van der Waals surface area contributed by atoms with Crippen LogP contribution in [0.25, 0.3) is 10.9 Å². The Balaban J connectivity index is 1.36. The number of carbonyl (C=O) groups is 1. The third-order valence-corrected chi connectivity index (χ3v) is 5.13. The van der Waals surface area contributed by atoms with Gasteiger partial charge in [0.05, 0.1) is 0 Å². The molecule has 2 atom stereocenters. The van der Waals surface area contributed by atoms with E-state index in [2.05, 4.69) is 28.5 Å². The zero-order chi connectivity index (χ0) is 18.1. The van der Waals surface area contributed by atoms with E-state index in [1.807, 2.05) is 43.3 Å². The van der Waals surface area contributed by atoms with Crippen molar-refractivity contribution in [3.05, 3.63) is 81.6 Å². The highest BCUT2D eigenvalue weighted by Gasteiger charge is 2.43. The van der Waals surface area contributed by atoms with Gasteiger partial charge in [-0.2, -0.15) is 0 Å². The smallest absolute Gasteiger partial charge is 0.251 e. The Morgan fingerprint density at radius 1 is 1.15 bits per heavy atom. The van der Waals surface area contributed by atoms with E-state index in [0.717, 1.165) is 22.9 Å². The normalized spacial score (nSPS) is 18.7. The highest BCUT2D eigenvalue weighted by Crippen LogP contribution is 2.47. The van der Waals surface area contributed by atoms with Crippen molar-refractivity contribution in [2.75, 3.05) is 6.54 Å². The van der Waals surface area contributed by atoms with Crippen molar-refractivity contribution in [1.29, 1.82) is 0 Å². The molecular formula is C22H22N2O2. The van der Waals surface area contributed by atoms with Gasteiger partial charge in [-0.15, -0.1) is 0 Å². The molecule has 1 amide bonds. The van der Waals surface area contributed by atoms with Crippen LogP contribution in [-0.4, -0.2) is 17.4 Å². The number of amides is 1. The molecule has 2 N–H and O–H groups in total. The lowest BCUT2D eigenvalue weighted by Gasteiger charge is -2.07. The van der Waals surface area contributed by atoms with Gasteiger partial charge in [0.2, 0.25) is 5.91 Å². The van der Waals surface area contributed by atoms with Crippen LogP contribution in [0.15, 0.2) is 59.4 Å². The summed E-state index contributed by atoms with van der Waals surface area (Å²) < 4.78 is 0. The summed E-state index contributed by atoms with van der Waals surface area (Å²) in [7, 11) is 0. The minimum absolute atomic E-state index is 0.0648. The largest absolute Gasteiger partial charge is 0.356 e. The summed E-state index contributed by atoms with van der Waals surface area (Å²) >= 11 is 0. The second kappa shape index (κ2) is 6.79. The molecule has 4 heteroatoms. The molecule has 1 aromatic heterocycles. The van der Waals surface area contributed by atoms with E-state index < -0.39 is 0 Å². The molecule has 4 rings (SSSR count). The summed E-state index contributed by atoms with van der Waals surface area (Å²) in [6.07, 6.45) is 1.44. The van der Waals surface area contributed by atoms with Gasteiger partial charge in [-0.25, -0.2) is 0 Å². The Hall–Kier alpha value is -2.88. The average molecular weight is 346 g/mol. The minimum Gasteiger partial charge on any atom is -0.356 e. The maximum Gasteiger partial charge on any atom is 0.251 e. The molecule has 0 radical (unpaired) electrons. The van der Waals surface area contributed by atoms with Crippen molar-refractivity contribution >= 4 is 16.8 Å². The molecule has 2 aromatic carbocycles. The predicted octanol–water partition coefficient (Wildman–Crippen LogP) is 3.30. The number of benzene rings is 2. The van der Waals surface area contributed by atoms with Crippen LogP contribution in [-0.2, 0) is 11.2 Å². The topological polar surface area (TPSA) is 62.0 Å². The van der Waals surface area contributed by atoms with Crippen LogP contribution in [0.1, 0.15) is 29.0 Å². The number of aromatic nitrogens is 1. The molecule has 2 unspecified atom stereocenters. The molecule has 26 heavy (non-hydrogen) atoms. The first-order chi connectivity index (χ1) is 12.6. The second-order valence-electron chi connectivity index (χ2n) is 7.11. The summed E-state index contributed by atoms with van der Waals surface area (Å²) in [4.78, 5) is 27.5. The fourth-order valence-corrected chi connectivity index (χ4v) is 3.56. The average Bonchev–Trinajstić information content (AvgIpc) is 3.44. The number of fused-ring (bicyclic) bond motifs is 1. The number of carbonyl (C=O) groups excluding carboxylic acids is 1. The summed E-state index contributed by atoms with van der Waals surface area (Å²) in [5.41, 5.74) is 3.86. The third kappa shape index (κ3) is 3.40. The van der Waals surface area contributed by atoms with Crippen LogP contribution < -0.4 is 10.9 Å². The quantitative estimate of drug-likeness (QED) is 0.745. The second-order valence-corrected chi connectivity index (χ2v) is 7.11. The Kier molecular flexibility index (Phi) is 4.33. The number of H-pyrrole nitrogens is 1. The molecule has 0 bridgehead atoms. The maximum atomic E-state index is 12.3. The van der Waals surface area contributed by atoms with E-state index in [4.69, 9.17) is 0 Å². The van der Waals surface area contributed by atoms with Crippen molar-refractivity contribution in [1.82, 2.24) is 10.3 Å². The fourth-order valence-electron chi connectivity index (χ4n) is 3.56. The summed E-state index contributed by atoms with van der Waals surface area (Å²) in [6, 6.07) is 18.1. The number of hydrogen-bond donors (Lipinski definition) is 2. The Bertz CT molecular complexity index is 1010. The van der Waals surface area contributed by atoms with Crippen LogP contribution in [0.2, 0.25) is 0 Å². The SMILES string of the molecule is Cc1ccc2[nH]c(=O)c(CCNC(=O)C3CC3c3ccccc3)cc2c1. The predicted molar refractivity (Wildman–Crippen MR) is 103 cm³/mol. The van der Waals surface area contributed by atoms with Gasteiger partial charge in [0.1, 0.15) is 0 Å². The van der Waals surface area contributed by atoms with Crippen LogP contribution in [0, 0.1) is 12.8 Å². The lowest BCUT2D eigenvalue weighted by atomic mass is 10.1. The number of nitrogens with one attached hydrogen (secondary N) is 2. The van der Waals surface area contributed by atoms with Gasteiger partial charge in [-0.1, -0.05) is 42.0 Å². The van der Waals surface area contributed by atoms with Crippen molar-refractivity contribution in [2.24, 2.45) is 5.92 Å². The first-order valence-corrected chi connectivity index (χ1v) is 9.07. The van der Waals surface area contributed by atoms with E-state index in [1.165, 1.54) is 5.56 Å². The van der Waals surface area contributed by atoms with E-state index in [9.17, 15) is 9.59 Å². The van der Waals surface area contributed by atoms with Gasteiger partial charge in [0, 0.05) is 23.5 Å². The van der Waals surface area contributed by atoms with Crippen molar-refractivity contribution in [3.8, 4) is 0 Å². The zero-order valence-corrected chi connectivity index (χ0v) is 14.8. The molecule has 1 aliphatic rings. The first-order valence-electron chi connectivity index (χ1n) is 9.07. The van der Waals surface area contributed by atoms with Crippen molar-refractivity contribution < 1.29 is 4.79 Å². The van der Waals surface area contributed by atoms with E-state index in [-0.39, 0.29) is 17.4 Å². The Labute approximate surface area is 152 Å². The number of rotatable bonds is 5. The van der Waals surface area contributed by atoms with Gasteiger partial charge >= 0.3 is 0 Å². The summed E-state index contributed by atoms with van der Waals surface area (Å²) in [5.74, 6) is 0.491. The molecule has 4 nitrogen and oxygen atoms in total. The molecule has 1 fully saturated rings. The molecule has 3 aromatic rings. The molecule has 0 saturated heterocycles. The lowest BCUT2D eigenvalue weighted by Crippen LogP contribution is -2.29. The number of aryl methyl sites for hydroxylation is 1. The molecule has 132 valence electrons. The van der Waals surface area contributed by atoms with E-state index in [0.29, 0.717) is 24.4 Å². The molecular weight excluding hydrogens is 324 g/mol. The number of aromatic amines is 1. The summed E-state index contributed by atoms with van der Waals surface area (Å²) in [6.45, 7) is 2.51. The van der Waals surface area contributed by atoms with Gasteiger partial charge in [-0.3, -0.25) is 9.59 Å². The molecule has 0 aliphatic heterocycles.